The van der Waals surface area contributed by atoms with E-state index >= 15 is 0 Å². The van der Waals surface area contributed by atoms with Gasteiger partial charge in [0.25, 0.3) is 0 Å². The van der Waals surface area contributed by atoms with Crippen molar-refractivity contribution in [2.75, 3.05) is 13.4 Å². The fourth-order valence-electron chi connectivity index (χ4n) is 1.34. The van der Waals surface area contributed by atoms with E-state index in [4.69, 9.17) is 14.6 Å². The van der Waals surface area contributed by atoms with Crippen LogP contribution in [-0.2, 0) is 4.74 Å². The van der Waals surface area contributed by atoms with Crippen LogP contribution in [-0.4, -0.2) is 30.7 Å². The monoisotopic (exact) mass is 256 g/mol. The molecular formula is C12H16O4S. The fourth-order valence-corrected chi connectivity index (χ4v) is 1.85. The zero-order chi connectivity index (χ0) is 12.8. The standard InChI is InChI=1S/C12H16O4S/c1-4-11(15-2)16-9-7-8(12(13)14)5-6-10(9)17-3/h5-7,11H,4H2,1-3H3,(H,13,14). The topological polar surface area (TPSA) is 55.8 Å². The second kappa shape index (κ2) is 6.51. The number of rotatable bonds is 6. The van der Waals surface area contributed by atoms with Crippen molar-refractivity contribution in [1.29, 1.82) is 0 Å². The summed E-state index contributed by atoms with van der Waals surface area (Å²) in [6, 6.07) is 4.83. The summed E-state index contributed by atoms with van der Waals surface area (Å²) in [5, 5.41) is 8.93. The maximum atomic E-state index is 10.9. The first-order valence-corrected chi connectivity index (χ1v) is 6.45. The van der Waals surface area contributed by atoms with Gasteiger partial charge < -0.3 is 14.6 Å². The lowest BCUT2D eigenvalue weighted by molar-refractivity contribution is -0.0564. The molecule has 0 bridgehead atoms. The van der Waals surface area contributed by atoms with E-state index in [-0.39, 0.29) is 11.9 Å². The Kier molecular flexibility index (Phi) is 5.31. The van der Waals surface area contributed by atoms with E-state index in [1.54, 1.807) is 19.2 Å². The van der Waals surface area contributed by atoms with E-state index in [1.165, 1.54) is 17.8 Å². The normalized spacial score (nSPS) is 12.2. The van der Waals surface area contributed by atoms with Crippen LogP contribution in [0.4, 0.5) is 0 Å². The molecule has 0 aromatic heterocycles. The van der Waals surface area contributed by atoms with Gasteiger partial charge >= 0.3 is 5.97 Å². The molecule has 0 spiro atoms. The molecule has 0 amide bonds. The van der Waals surface area contributed by atoms with Gasteiger partial charge in [0.1, 0.15) is 5.75 Å². The van der Waals surface area contributed by atoms with Crippen LogP contribution in [0.5, 0.6) is 5.75 Å². The maximum absolute atomic E-state index is 10.9. The van der Waals surface area contributed by atoms with Gasteiger partial charge in [-0.3, -0.25) is 0 Å². The highest BCUT2D eigenvalue weighted by Gasteiger charge is 2.13. The van der Waals surface area contributed by atoms with Crippen molar-refractivity contribution < 1.29 is 19.4 Å². The summed E-state index contributed by atoms with van der Waals surface area (Å²) in [4.78, 5) is 11.8. The van der Waals surface area contributed by atoms with Crippen LogP contribution in [0.3, 0.4) is 0 Å². The lowest BCUT2D eigenvalue weighted by Gasteiger charge is -2.17. The Bertz CT molecular complexity index is 388. The highest BCUT2D eigenvalue weighted by atomic mass is 32.2. The summed E-state index contributed by atoms with van der Waals surface area (Å²) in [5.74, 6) is -0.418. The molecule has 0 saturated heterocycles. The van der Waals surface area contributed by atoms with Crippen molar-refractivity contribution >= 4 is 17.7 Å². The molecular weight excluding hydrogens is 240 g/mol. The van der Waals surface area contributed by atoms with Gasteiger partial charge in [0.15, 0.2) is 6.29 Å². The molecule has 1 unspecified atom stereocenters. The molecule has 1 atom stereocenters. The molecule has 4 nitrogen and oxygen atoms in total. The van der Waals surface area contributed by atoms with E-state index in [1.807, 2.05) is 13.2 Å². The van der Waals surface area contributed by atoms with Gasteiger partial charge in [0.2, 0.25) is 0 Å². The van der Waals surface area contributed by atoms with Crippen molar-refractivity contribution in [3.8, 4) is 5.75 Å². The fraction of sp³-hybridized carbons (Fsp3) is 0.417. The number of hydrogen-bond acceptors (Lipinski definition) is 4. The van der Waals surface area contributed by atoms with Crippen molar-refractivity contribution in [3.05, 3.63) is 23.8 Å². The van der Waals surface area contributed by atoms with E-state index < -0.39 is 5.97 Å². The predicted octanol–water partition coefficient (Wildman–Crippen LogP) is 2.87. The number of carbonyl (C=O) groups is 1. The number of methoxy groups -OCH3 is 1. The zero-order valence-electron chi connectivity index (χ0n) is 10.1. The van der Waals surface area contributed by atoms with Gasteiger partial charge in [-0.05, 0) is 24.5 Å². The molecule has 0 radical (unpaired) electrons. The first-order chi connectivity index (χ1) is 8.12. The lowest BCUT2D eigenvalue weighted by Crippen LogP contribution is -2.18. The first kappa shape index (κ1) is 13.9. The third-order valence-corrected chi connectivity index (χ3v) is 3.04. The van der Waals surface area contributed by atoms with Crippen molar-refractivity contribution in [3.63, 3.8) is 0 Å². The van der Waals surface area contributed by atoms with Crippen LogP contribution < -0.4 is 4.74 Å². The van der Waals surface area contributed by atoms with Gasteiger partial charge in [-0.1, -0.05) is 6.92 Å². The largest absolute Gasteiger partial charge is 0.478 e. The third kappa shape index (κ3) is 3.64. The minimum Gasteiger partial charge on any atom is -0.478 e. The summed E-state index contributed by atoms with van der Waals surface area (Å²) in [5.41, 5.74) is 0.212. The molecule has 1 N–H and O–H groups in total. The molecule has 5 heteroatoms. The number of carboxylic acids is 1. The van der Waals surface area contributed by atoms with Gasteiger partial charge in [-0.2, -0.15) is 0 Å². The quantitative estimate of drug-likeness (QED) is 0.626. The molecule has 94 valence electrons. The van der Waals surface area contributed by atoms with Crippen LogP contribution in [0, 0.1) is 0 Å². The highest BCUT2D eigenvalue weighted by Crippen LogP contribution is 2.30. The summed E-state index contributed by atoms with van der Waals surface area (Å²) in [6.45, 7) is 1.94. The summed E-state index contributed by atoms with van der Waals surface area (Å²) in [7, 11) is 1.56. The molecule has 1 aromatic carbocycles. The summed E-state index contributed by atoms with van der Waals surface area (Å²) >= 11 is 1.51. The predicted molar refractivity (Wildman–Crippen MR) is 66.9 cm³/mol. The Balaban J connectivity index is 3.01. The SMILES string of the molecule is CCC(OC)Oc1cc(C(=O)O)ccc1SC. The van der Waals surface area contributed by atoms with E-state index in [9.17, 15) is 4.79 Å². The Labute approximate surface area is 105 Å². The number of carboxylic acid groups (broad SMARTS) is 1. The molecule has 0 saturated carbocycles. The van der Waals surface area contributed by atoms with Gasteiger partial charge in [-0.25, -0.2) is 4.79 Å². The molecule has 1 rings (SSSR count). The lowest BCUT2D eigenvalue weighted by atomic mass is 10.2. The van der Waals surface area contributed by atoms with Crippen LogP contribution in [0.1, 0.15) is 23.7 Å². The Hall–Kier alpha value is -1.20. The van der Waals surface area contributed by atoms with E-state index in [0.717, 1.165) is 4.90 Å². The second-order valence-electron chi connectivity index (χ2n) is 3.36. The van der Waals surface area contributed by atoms with Gasteiger partial charge in [0.05, 0.1) is 5.56 Å². The average molecular weight is 256 g/mol. The second-order valence-corrected chi connectivity index (χ2v) is 4.21. The van der Waals surface area contributed by atoms with Crippen LogP contribution >= 0.6 is 11.8 Å². The molecule has 0 heterocycles. The van der Waals surface area contributed by atoms with E-state index in [0.29, 0.717) is 12.2 Å². The van der Waals surface area contributed by atoms with Crippen molar-refractivity contribution in [1.82, 2.24) is 0 Å². The minimum atomic E-state index is -0.965. The smallest absolute Gasteiger partial charge is 0.335 e. The molecule has 17 heavy (non-hydrogen) atoms. The number of thioether (sulfide) groups is 1. The third-order valence-electron chi connectivity index (χ3n) is 2.27. The number of benzene rings is 1. The molecule has 0 fully saturated rings. The summed E-state index contributed by atoms with van der Waals surface area (Å²) < 4.78 is 10.7. The molecule has 1 aromatic rings. The van der Waals surface area contributed by atoms with Crippen LogP contribution in [0.15, 0.2) is 23.1 Å². The molecule has 0 aliphatic heterocycles. The maximum Gasteiger partial charge on any atom is 0.335 e. The first-order valence-electron chi connectivity index (χ1n) is 5.23. The van der Waals surface area contributed by atoms with E-state index in [2.05, 4.69) is 0 Å². The van der Waals surface area contributed by atoms with Gasteiger partial charge in [-0.15, -0.1) is 11.8 Å². The zero-order valence-corrected chi connectivity index (χ0v) is 10.9. The Morgan fingerprint density at radius 1 is 1.53 bits per heavy atom. The van der Waals surface area contributed by atoms with Crippen molar-refractivity contribution in [2.45, 2.75) is 24.5 Å². The Morgan fingerprint density at radius 2 is 2.24 bits per heavy atom. The average Bonchev–Trinajstić information content (AvgIpc) is 2.35. The van der Waals surface area contributed by atoms with Crippen LogP contribution in [0.25, 0.3) is 0 Å². The minimum absolute atomic E-state index is 0.212. The molecule has 0 aliphatic rings. The molecule has 0 aliphatic carbocycles. The van der Waals surface area contributed by atoms with Crippen LogP contribution in [0.2, 0.25) is 0 Å². The highest BCUT2D eigenvalue weighted by molar-refractivity contribution is 7.98. The Morgan fingerprint density at radius 3 is 2.71 bits per heavy atom. The van der Waals surface area contributed by atoms with Crippen molar-refractivity contribution in [2.24, 2.45) is 0 Å². The number of hydrogen-bond donors (Lipinski definition) is 1. The summed E-state index contributed by atoms with van der Waals surface area (Å²) in [6.07, 6.45) is 2.25. The number of ether oxygens (including phenoxy) is 2. The van der Waals surface area contributed by atoms with Gasteiger partial charge in [0, 0.05) is 18.4 Å². The number of aromatic carboxylic acids is 1.